The number of hydrogen-bond acceptors (Lipinski definition) is 6. The topological polar surface area (TPSA) is 97.1 Å². The third-order valence-corrected chi connectivity index (χ3v) is 5.85. The molecule has 0 fully saturated rings. The normalized spacial score (nSPS) is 13.1. The molecule has 1 atom stereocenters. The number of sulfonamides is 1. The summed E-state index contributed by atoms with van der Waals surface area (Å²) in [6.07, 6.45) is 1.66. The lowest BCUT2D eigenvalue weighted by Crippen LogP contribution is -2.28. The number of nitrogens with one attached hydrogen (secondary N) is 2. The summed E-state index contributed by atoms with van der Waals surface area (Å²) in [5, 5.41) is 2.55. The molecule has 0 aliphatic rings. The lowest BCUT2D eigenvalue weighted by Gasteiger charge is -2.16. The molecule has 0 aliphatic heterocycles. The largest absolute Gasteiger partial charge is 0.324 e. The Balaban J connectivity index is 2.36. The number of thiazole rings is 1. The Morgan fingerprint density at radius 2 is 1.90 bits per heavy atom. The minimum atomic E-state index is -3.62. The minimum absolute atomic E-state index is 0.282. The van der Waals surface area contributed by atoms with Gasteiger partial charge in [0.05, 0.1) is 10.9 Å². The molecule has 0 saturated carbocycles. The predicted molar refractivity (Wildman–Crippen MR) is 84.6 cm³/mol. The zero-order valence-electron chi connectivity index (χ0n) is 12.0. The molecule has 6 nitrogen and oxygen atoms in total. The van der Waals surface area contributed by atoms with Gasteiger partial charge in [0.1, 0.15) is 5.01 Å². The van der Waals surface area contributed by atoms with Gasteiger partial charge in [0.2, 0.25) is 10.0 Å². The van der Waals surface area contributed by atoms with Crippen LogP contribution in [0.15, 0.2) is 28.6 Å². The smallest absolute Gasteiger partial charge is 0.241 e. The Kier molecular flexibility index (Phi) is 4.62. The zero-order valence-corrected chi connectivity index (χ0v) is 13.7. The van der Waals surface area contributed by atoms with Crippen molar-refractivity contribution in [3.05, 3.63) is 39.8 Å². The van der Waals surface area contributed by atoms with Gasteiger partial charge in [0, 0.05) is 17.3 Å². The number of nitrogens with zero attached hydrogens (tertiary/aromatic N) is 1. The van der Waals surface area contributed by atoms with Gasteiger partial charge >= 0.3 is 0 Å². The molecular formula is C13H18N4O2S2. The molecule has 0 bridgehead atoms. The Morgan fingerprint density at radius 3 is 2.38 bits per heavy atom. The van der Waals surface area contributed by atoms with Crippen molar-refractivity contribution in [3.8, 4) is 0 Å². The van der Waals surface area contributed by atoms with E-state index in [1.54, 1.807) is 39.1 Å². The molecule has 1 aromatic heterocycles. The van der Waals surface area contributed by atoms with E-state index in [1.165, 1.54) is 11.3 Å². The van der Waals surface area contributed by atoms with Gasteiger partial charge in [-0.2, -0.15) is 0 Å². The van der Waals surface area contributed by atoms with Crippen LogP contribution < -0.4 is 16.0 Å². The van der Waals surface area contributed by atoms with Gasteiger partial charge in [0.15, 0.2) is 0 Å². The second-order valence-corrected chi connectivity index (χ2v) is 7.37. The Hall–Kier alpha value is -1.48. The van der Waals surface area contributed by atoms with E-state index in [-0.39, 0.29) is 10.9 Å². The van der Waals surface area contributed by atoms with Crippen molar-refractivity contribution in [2.75, 3.05) is 5.43 Å². The Labute approximate surface area is 128 Å². The van der Waals surface area contributed by atoms with Crippen LogP contribution in [0.1, 0.15) is 29.1 Å². The van der Waals surface area contributed by atoms with E-state index < -0.39 is 10.0 Å². The highest BCUT2D eigenvalue weighted by molar-refractivity contribution is 7.89. The summed E-state index contributed by atoms with van der Waals surface area (Å²) in [5.74, 6) is 5.37. The molecule has 114 valence electrons. The number of hydrazine groups is 1. The number of nitrogens with two attached hydrogens (primary N) is 1. The quantitative estimate of drug-likeness (QED) is 0.577. The molecule has 1 unspecified atom stereocenters. The van der Waals surface area contributed by atoms with Crippen LogP contribution in [0.2, 0.25) is 0 Å². The average Bonchev–Trinajstić information content (AvgIpc) is 2.90. The van der Waals surface area contributed by atoms with Gasteiger partial charge < -0.3 is 5.43 Å². The molecular weight excluding hydrogens is 308 g/mol. The molecule has 2 aromatic rings. The van der Waals surface area contributed by atoms with E-state index >= 15 is 0 Å². The molecule has 21 heavy (non-hydrogen) atoms. The van der Waals surface area contributed by atoms with Crippen LogP contribution in [-0.4, -0.2) is 13.4 Å². The molecule has 1 heterocycles. The SMILES string of the molecule is Cc1cc(NN)cc(C)c1S(=O)(=O)NC(C)c1nccs1. The Morgan fingerprint density at radius 1 is 1.29 bits per heavy atom. The van der Waals surface area contributed by atoms with Gasteiger partial charge in [-0.25, -0.2) is 18.1 Å². The summed E-state index contributed by atoms with van der Waals surface area (Å²) < 4.78 is 27.8. The highest BCUT2D eigenvalue weighted by Crippen LogP contribution is 2.26. The molecule has 2 rings (SSSR count). The van der Waals surface area contributed by atoms with Crippen LogP contribution in [0.5, 0.6) is 0 Å². The summed E-state index contributed by atoms with van der Waals surface area (Å²) in [7, 11) is -3.62. The van der Waals surface area contributed by atoms with Crippen LogP contribution in [0, 0.1) is 13.8 Å². The number of rotatable bonds is 5. The fraction of sp³-hybridized carbons (Fsp3) is 0.308. The Bertz CT molecular complexity index is 704. The standard InChI is InChI=1S/C13H18N4O2S2/c1-8-6-11(16-14)7-9(2)12(8)21(18,19)17-10(3)13-15-4-5-20-13/h4-7,10,16-17H,14H2,1-3H3. The maximum absolute atomic E-state index is 12.6. The van der Waals surface area contributed by atoms with Crippen molar-refractivity contribution in [2.45, 2.75) is 31.7 Å². The van der Waals surface area contributed by atoms with Gasteiger partial charge in [-0.15, -0.1) is 11.3 Å². The maximum Gasteiger partial charge on any atom is 0.241 e. The average molecular weight is 326 g/mol. The second-order valence-electron chi connectivity index (χ2n) is 4.80. The minimum Gasteiger partial charge on any atom is -0.324 e. The molecule has 0 radical (unpaired) electrons. The van der Waals surface area contributed by atoms with Gasteiger partial charge in [-0.3, -0.25) is 5.84 Å². The number of anilines is 1. The second kappa shape index (κ2) is 6.10. The van der Waals surface area contributed by atoms with E-state index in [0.717, 1.165) is 5.01 Å². The first-order valence-electron chi connectivity index (χ1n) is 6.34. The van der Waals surface area contributed by atoms with Crippen molar-refractivity contribution < 1.29 is 8.42 Å². The van der Waals surface area contributed by atoms with Crippen molar-refractivity contribution in [2.24, 2.45) is 5.84 Å². The van der Waals surface area contributed by atoms with E-state index in [4.69, 9.17) is 5.84 Å². The van der Waals surface area contributed by atoms with Crippen LogP contribution in [0.25, 0.3) is 0 Å². The van der Waals surface area contributed by atoms with E-state index in [0.29, 0.717) is 16.8 Å². The zero-order chi connectivity index (χ0) is 15.6. The highest BCUT2D eigenvalue weighted by Gasteiger charge is 2.23. The predicted octanol–water partition coefficient (Wildman–Crippen LogP) is 2.09. The summed E-state index contributed by atoms with van der Waals surface area (Å²) >= 11 is 1.42. The lowest BCUT2D eigenvalue weighted by molar-refractivity contribution is 0.565. The first-order chi connectivity index (χ1) is 9.85. The summed E-state index contributed by atoms with van der Waals surface area (Å²) in [6, 6.07) is 3.03. The first kappa shape index (κ1) is 15.9. The fourth-order valence-corrected chi connectivity index (χ4v) is 4.63. The third kappa shape index (κ3) is 3.41. The third-order valence-electron chi connectivity index (χ3n) is 3.05. The van der Waals surface area contributed by atoms with Crippen molar-refractivity contribution in [3.63, 3.8) is 0 Å². The van der Waals surface area contributed by atoms with Gasteiger partial charge in [-0.1, -0.05) is 0 Å². The molecule has 0 saturated heterocycles. The number of nitrogen functional groups attached to an aromatic ring is 1. The number of aryl methyl sites for hydroxylation is 2. The lowest BCUT2D eigenvalue weighted by atomic mass is 10.1. The van der Waals surface area contributed by atoms with E-state index in [2.05, 4.69) is 15.1 Å². The van der Waals surface area contributed by atoms with E-state index in [9.17, 15) is 8.42 Å². The first-order valence-corrected chi connectivity index (χ1v) is 8.71. The van der Waals surface area contributed by atoms with Crippen LogP contribution in [0.4, 0.5) is 5.69 Å². The monoisotopic (exact) mass is 326 g/mol. The fourth-order valence-electron chi connectivity index (χ4n) is 2.25. The molecule has 1 aromatic carbocycles. The van der Waals surface area contributed by atoms with Crippen molar-refractivity contribution in [1.82, 2.24) is 9.71 Å². The van der Waals surface area contributed by atoms with Gasteiger partial charge in [-0.05, 0) is 44.0 Å². The summed E-state index contributed by atoms with van der Waals surface area (Å²) in [4.78, 5) is 4.41. The number of aromatic nitrogens is 1. The molecule has 8 heteroatoms. The highest BCUT2D eigenvalue weighted by atomic mass is 32.2. The van der Waals surface area contributed by atoms with Crippen LogP contribution in [-0.2, 0) is 10.0 Å². The molecule has 4 N–H and O–H groups in total. The van der Waals surface area contributed by atoms with Crippen molar-refractivity contribution in [1.29, 1.82) is 0 Å². The molecule has 0 aliphatic carbocycles. The van der Waals surface area contributed by atoms with Gasteiger partial charge in [0.25, 0.3) is 0 Å². The summed E-state index contributed by atoms with van der Waals surface area (Å²) in [5.41, 5.74) is 4.49. The van der Waals surface area contributed by atoms with Crippen LogP contribution >= 0.6 is 11.3 Å². The van der Waals surface area contributed by atoms with Crippen LogP contribution in [0.3, 0.4) is 0 Å². The maximum atomic E-state index is 12.6. The summed E-state index contributed by atoms with van der Waals surface area (Å²) in [6.45, 7) is 5.27. The van der Waals surface area contributed by atoms with Crippen molar-refractivity contribution >= 4 is 27.0 Å². The molecule has 0 amide bonds. The molecule has 0 spiro atoms. The number of benzene rings is 1. The number of hydrogen-bond donors (Lipinski definition) is 3. The van der Waals surface area contributed by atoms with E-state index in [1.807, 2.05) is 5.38 Å².